The first-order valence-electron chi connectivity index (χ1n) is 6.33. The predicted octanol–water partition coefficient (Wildman–Crippen LogP) is 0.537. The normalized spacial score (nSPS) is 15.5. The Morgan fingerprint density at radius 1 is 1.00 bits per heavy atom. The molecule has 0 bridgehead atoms. The highest BCUT2D eigenvalue weighted by molar-refractivity contribution is 6.16. The maximum Gasteiger partial charge on any atom is 0.328 e. The Morgan fingerprint density at radius 2 is 1.52 bits per heavy atom. The minimum atomic E-state index is -0.945. The number of carbonyl (C=O) groups is 3. The number of urea groups is 1. The van der Waals surface area contributed by atoms with Gasteiger partial charge in [-0.15, -0.1) is 0 Å². The third-order valence-electron chi connectivity index (χ3n) is 3.37. The maximum absolute atomic E-state index is 11.8. The van der Waals surface area contributed by atoms with Crippen LogP contribution in [0.1, 0.15) is 11.1 Å². The highest BCUT2D eigenvalue weighted by atomic mass is 16.5. The van der Waals surface area contributed by atoms with Crippen LogP contribution in [0.25, 0.3) is 0 Å². The van der Waals surface area contributed by atoms with E-state index in [-0.39, 0.29) is 6.42 Å². The van der Waals surface area contributed by atoms with Crippen LogP contribution in [0.3, 0.4) is 0 Å². The minimum Gasteiger partial charge on any atom is -0.493 e. The number of benzene rings is 1. The Kier molecular flexibility index (Phi) is 4.11. The molecule has 4 amide bonds. The molecule has 1 fully saturated rings. The summed E-state index contributed by atoms with van der Waals surface area (Å²) in [6.07, 6.45) is 0.178. The quantitative estimate of drug-likeness (QED) is 0.790. The largest absolute Gasteiger partial charge is 0.493 e. The highest BCUT2D eigenvalue weighted by Gasteiger charge is 2.34. The van der Waals surface area contributed by atoms with E-state index in [0.717, 1.165) is 11.1 Å². The van der Waals surface area contributed by atoms with Gasteiger partial charge in [0.1, 0.15) is 5.92 Å². The molecule has 0 radical (unpaired) electrons. The number of imide groups is 2. The molecule has 7 heteroatoms. The lowest BCUT2D eigenvalue weighted by Gasteiger charge is -2.21. The SMILES string of the molecule is COc1cc(C)c(CC2C(=O)NC(=O)NC2=O)cc1OC. The highest BCUT2D eigenvalue weighted by Crippen LogP contribution is 2.31. The molecule has 1 aromatic carbocycles. The number of methoxy groups -OCH3 is 2. The Bertz CT molecular complexity index is 592. The number of amides is 4. The van der Waals surface area contributed by atoms with Crippen LogP contribution < -0.4 is 20.1 Å². The summed E-state index contributed by atoms with van der Waals surface area (Å²) in [5, 5.41) is 4.17. The van der Waals surface area contributed by atoms with E-state index in [4.69, 9.17) is 9.47 Å². The lowest BCUT2D eigenvalue weighted by Crippen LogP contribution is -2.56. The van der Waals surface area contributed by atoms with Crippen molar-refractivity contribution in [1.82, 2.24) is 10.6 Å². The first-order chi connectivity index (χ1) is 9.96. The van der Waals surface area contributed by atoms with Crippen molar-refractivity contribution in [2.24, 2.45) is 5.92 Å². The summed E-state index contributed by atoms with van der Waals surface area (Å²) < 4.78 is 10.4. The van der Waals surface area contributed by atoms with Crippen molar-refractivity contribution >= 4 is 17.8 Å². The molecule has 0 aliphatic carbocycles. The average molecular weight is 292 g/mol. The van der Waals surface area contributed by atoms with Gasteiger partial charge in [0.15, 0.2) is 11.5 Å². The fourth-order valence-corrected chi connectivity index (χ4v) is 2.20. The second-order valence-electron chi connectivity index (χ2n) is 4.70. The van der Waals surface area contributed by atoms with Crippen LogP contribution in [-0.2, 0) is 16.0 Å². The fraction of sp³-hybridized carbons (Fsp3) is 0.357. The van der Waals surface area contributed by atoms with E-state index in [9.17, 15) is 14.4 Å². The number of hydrogen-bond acceptors (Lipinski definition) is 5. The molecule has 1 heterocycles. The average Bonchev–Trinajstić information content (AvgIpc) is 2.43. The molecular weight excluding hydrogens is 276 g/mol. The summed E-state index contributed by atoms with van der Waals surface area (Å²) in [6.45, 7) is 1.85. The zero-order valence-corrected chi connectivity index (χ0v) is 12.0. The topological polar surface area (TPSA) is 93.7 Å². The Hall–Kier alpha value is -2.57. The van der Waals surface area contributed by atoms with Crippen molar-refractivity contribution in [2.75, 3.05) is 14.2 Å². The van der Waals surface area contributed by atoms with Crippen LogP contribution in [-0.4, -0.2) is 32.1 Å². The molecule has 2 N–H and O–H groups in total. The third kappa shape index (κ3) is 2.96. The van der Waals surface area contributed by atoms with Gasteiger partial charge in [-0.3, -0.25) is 20.2 Å². The van der Waals surface area contributed by atoms with Gasteiger partial charge in [0.05, 0.1) is 14.2 Å². The number of ether oxygens (including phenoxy) is 2. The van der Waals surface area contributed by atoms with Crippen LogP contribution in [0.2, 0.25) is 0 Å². The van der Waals surface area contributed by atoms with Gasteiger partial charge in [-0.1, -0.05) is 0 Å². The number of hydrogen-bond donors (Lipinski definition) is 2. The molecule has 1 aliphatic rings. The van der Waals surface area contributed by atoms with Gasteiger partial charge in [0, 0.05) is 0 Å². The number of aryl methyl sites for hydroxylation is 1. The maximum atomic E-state index is 11.8. The summed E-state index contributed by atoms with van der Waals surface area (Å²) in [5.41, 5.74) is 1.64. The molecule has 0 atom stereocenters. The molecule has 21 heavy (non-hydrogen) atoms. The number of carbonyl (C=O) groups excluding carboxylic acids is 3. The van der Waals surface area contributed by atoms with E-state index in [1.807, 2.05) is 6.92 Å². The third-order valence-corrected chi connectivity index (χ3v) is 3.37. The summed E-state index contributed by atoms with van der Waals surface area (Å²) in [7, 11) is 3.04. The molecule has 0 aromatic heterocycles. The van der Waals surface area contributed by atoms with Crippen LogP contribution >= 0.6 is 0 Å². The monoisotopic (exact) mass is 292 g/mol. The van der Waals surface area contributed by atoms with Crippen LogP contribution in [0.4, 0.5) is 4.79 Å². The molecule has 7 nitrogen and oxygen atoms in total. The lowest BCUT2D eigenvalue weighted by molar-refractivity contribution is -0.135. The number of rotatable bonds is 4. The summed E-state index contributed by atoms with van der Waals surface area (Å²) >= 11 is 0. The first kappa shape index (κ1) is 14.8. The van der Waals surface area contributed by atoms with E-state index < -0.39 is 23.8 Å². The van der Waals surface area contributed by atoms with E-state index in [2.05, 4.69) is 10.6 Å². The predicted molar refractivity (Wildman–Crippen MR) is 73.2 cm³/mol. The van der Waals surface area contributed by atoms with Crippen molar-refractivity contribution < 1.29 is 23.9 Å². The Labute approximate surface area is 121 Å². The van der Waals surface area contributed by atoms with Gasteiger partial charge in [-0.25, -0.2) is 4.79 Å². The first-order valence-corrected chi connectivity index (χ1v) is 6.33. The van der Waals surface area contributed by atoms with Gasteiger partial charge < -0.3 is 9.47 Å². The number of nitrogens with one attached hydrogen (secondary N) is 2. The Morgan fingerprint density at radius 3 is 2.05 bits per heavy atom. The fourth-order valence-electron chi connectivity index (χ4n) is 2.20. The number of barbiturate groups is 1. The molecule has 1 saturated heterocycles. The lowest BCUT2D eigenvalue weighted by atomic mass is 9.93. The molecule has 112 valence electrons. The van der Waals surface area contributed by atoms with Gasteiger partial charge in [-0.05, 0) is 36.6 Å². The van der Waals surface area contributed by atoms with E-state index >= 15 is 0 Å². The molecule has 1 aliphatic heterocycles. The molecule has 0 spiro atoms. The van der Waals surface area contributed by atoms with Crippen molar-refractivity contribution in [3.05, 3.63) is 23.3 Å². The van der Waals surface area contributed by atoms with Crippen LogP contribution in [0.5, 0.6) is 11.5 Å². The minimum absolute atomic E-state index is 0.178. The molecule has 2 rings (SSSR count). The Balaban J connectivity index is 2.29. The zero-order valence-electron chi connectivity index (χ0n) is 12.0. The molecular formula is C14H16N2O5. The van der Waals surface area contributed by atoms with Gasteiger partial charge >= 0.3 is 6.03 Å². The second kappa shape index (κ2) is 5.82. The summed E-state index contributed by atoms with van der Waals surface area (Å²) in [6, 6.07) is 2.72. The van der Waals surface area contributed by atoms with Crippen molar-refractivity contribution in [1.29, 1.82) is 0 Å². The van der Waals surface area contributed by atoms with Gasteiger partial charge in [0.2, 0.25) is 11.8 Å². The van der Waals surface area contributed by atoms with Crippen LogP contribution in [0.15, 0.2) is 12.1 Å². The zero-order chi connectivity index (χ0) is 15.6. The summed E-state index contributed by atoms with van der Waals surface area (Å²) in [5.74, 6) is -1.05. The smallest absolute Gasteiger partial charge is 0.328 e. The molecule has 0 unspecified atom stereocenters. The van der Waals surface area contributed by atoms with E-state index in [1.54, 1.807) is 12.1 Å². The van der Waals surface area contributed by atoms with E-state index in [1.165, 1.54) is 14.2 Å². The van der Waals surface area contributed by atoms with Crippen molar-refractivity contribution in [3.8, 4) is 11.5 Å². The van der Waals surface area contributed by atoms with Crippen LogP contribution in [0, 0.1) is 12.8 Å². The summed E-state index contributed by atoms with van der Waals surface area (Å²) in [4.78, 5) is 34.6. The van der Waals surface area contributed by atoms with Crippen molar-refractivity contribution in [3.63, 3.8) is 0 Å². The van der Waals surface area contributed by atoms with Crippen molar-refractivity contribution in [2.45, 2.75) is 13.3 Å². The van der Waals surface area contributed by atoms with Gasteiger partial charge in [-0.2, -0.15) is 0 Å². The van der Waals surface area contributed by atoms with E-state index in [0.29, 0.717) is 11.5 Å². The standard InChI is InChI=1S/C14H16N2O5/c1-7-4-10(20-2)11(21-3)6-8(7)5-9-12(17)15-14(19)16-13(9)18/h4,6,9H,5H2,1-3H3,(H2,15,16,17,18,19). The molecule has 1 aromatic rings. The van der Waals surface area contributed by atoms with Gasteiger partial charge in [0.25, 0.3) is 0 Å². The second-order valence-corrected chi connectivity index (χ2v) is 4.70. The molecule has 0 saturated carbocycles.